The molecule has 0 aliphatic carbocycles. The molecule has 2 rings (SSSR count). The zero-order valence-corrected chi connectivity index (χ0v) is 14.2. The molecule has 0 bridgehead atoms. The molecule has 0 saturated heterocycles. The first-order valence-electron chi connectivity index (χ1n) is 8.18. The van der Waals surface area contributed by atoms with Crippen molar-refractivity contribution >= 4 is 11.6 Å². The summed E-state index contributed by atoms with van der Waals surface area (Å²) in [5.41, 5.74) is 4.29. The Kier molecular flexibility index (Phi) is 6.21. The van der Waals surface area contributed by atoms with Gasteiger partial charge in [-0.25, -0.2) is 0 Å². The van der Waals surface area contributed by atoms with Gasteiger partial charge in [-0.1, -0.05) is 43.7 Å². The largest absolute Gasteiger partial charge is 0.483 e. The van der Waals surface area contributed by atoms with Crippen LogP contribution in [0.25, 0.3) is 0 Å². The molecule has 0 unspecified atom stereocenters. The number of aryl methyl sites for hydroxylation is 2. The maximum Gasteiger partial charge on any atom is 0.262 e. The van der Waals surface area contributed by atoms with E-state index in [1.807, 2.05) is 50.2 Å². The van der Waals surface area contributed by atoms with Crippen molar-refractivity contribution < 1.29 is 9.53 Å². The van der Waals surface area contributed by atoms with Gasteiger partial charge in [0.15, 0.2) is 6.61 Å². The number of amides is 1. The first kappa shape index (κ1) is 17.1. The number of benzene rings is 2. The Balaban J connectivity index is 1.96. The predicted octanol–water partition coefficient (Wildman–Crippen LogP) is 4.66. The predicted molar refractivity (Wildman–Crippen MR) is 95.1 cm³/mol. The van der Waals surface area contributed by atoms with E-state index in [9.17, 15) is 4.79 Å². The number of carbonyl (C=O) groups excluding carboxylic acids is 1. The van der Waals surface area contributed by atoms with Crippen LogP contribution >= 0.6 is 0 Å². The number of carbonyl (C=O) groups is 1. The zero-order valence-electron chi connectivity index (χ0n) is 14.2. The van der Waals surface area contributed by atoms with Crippen molar-refractivity contribution in [3.05, 3.63) is 59.2 Å². The third-order valence-corrected chi connectivity index (χ3v) is 4.00. The minimum atomic E-state index is -0.130. The van der Waals surface area contributed by atoms with Gasteiger partial charge in [-0.05, 0) is 55.5 Å². The van der Waals surface area contributed by atoms with Gasteiger partial charge in [-0.2, -0.15) is 0 Å². The maximum absolute atomic E-state index is 12.2. The minimum absolute atomic E-state index is 0.0202. The van der Waals surface area contributed by atoms with E-state index in [1.54, 1.807) is 0 Å². The molecule has 23 heavy (non-hydrogen) atoms. The minimum Gasteiger partial charge on any atom is -0.483 e. The number of ether oxygens (including phenoxy) is 1. The molecule has 0 saturated carbocycles. The Labute approximate surface area is 138 Å². The standard InChI is InChI=1S/C20H25NO2/c1-4-5-10-17-11-6-7-12-18(17)21-20(22)14-23-19-13-8-9-15(2)16(19)3/h6-9,11-13H,4-5,10,14H2,1-3H3,(H,21,22). The highest BCUT2D eigenvalue weighted by atomic mass is 16.5. The average Bonchev–Trinajstić information content (AvgIpc) is 2.55. The maximum atomic E-state index is 12.2. The molecular formula is C20H25NO2. The van der Waals surface area contributed by atoms with E-state index in [0.29, 0.717) is 0 Å². The molecule has 0 heterocycles. The highest BCUT2D eigenvalue weighted by Crippen LogP contribution is 2.21. The van der Waals surface area contributed by atoms with Gasteiger partial charge in [0.2, 0.25) is 0 Å². The lowest BCUT2D eigenvalue weighted by atomic mass is 10.1. The van der Waals surface area contributed by atoms with Crippen LogP contribution in [0.1, 0.15) is 36.5 Å². The number of para-hydroxylation sites is 1. The molecule has 0 atom stereocenters. The van der Waals surface area contributed by atoms with E-state index in [0.717, 1.165) is 41.8 Å². The van der Waals surface area contributed by atoms with Crippen LogP contribution in [-0.2, 0) is 11.2 Å². The number of nitrogens with one attached hydrogen (secondary N) is 1. The number of unbranched alkanes of at least 4 members (excludes halogenated alkanes) is 1. The van der Waals surface area contributed by atoms with E-state index in [-0.39, 0.29) is 12.5 Å². The van der Waals surface area contributed by atoms with Crippen molar-refractivity contribution in [2.75, 3.05) is 11.9 Å². The Morgan fingerprint density at radius 1 is 1.09 bits per heavy atom. The molecule has 0 aromatic heterocycles. The van der Waals surface area contributed by atoms with Gasteiger partial charge in [0, 0.05) is 5.69 Å². The van der Waals surface area contributed by atoms with E-state index in [4.69, 9.17) is 4.74 Å². The summed E-state index contributed by atoms with van der Waals surface area (Å²) < 4.78 is 5.66. The van der Waals surface area contributed by atoms with Crippen molar-refractivity contribution in [1.29, 1.82) is 0 Å². The lowest BCUT2D eigenvalue weighted by molar-refractivity contribution is -0.118. The van der Waals surface area contributed by atoms with Crippen LogP contribution in [0.15, 0.2) is 42.5 Å². The summed E-state index contributed by atoms with van der Waals surface area (Å²) >= 11 is 0. The number of hydrogen-bond donors (Lipinski definition) is 1. The molecule has 3 nitrogen and oxygen atoms in total. The van der Waals surface area contributed by atoms with Gasteiger partial charge in [0.1, 0.15) is 5.75 Å². The van der Waals surface area contributed by atoms with Gasteiger partial charge in [0.05, 0.1) is 0 Å². The molecule has 0 aliphatic heterocycles. The lowest BCUT2D eigenvalue weighted by Crippen LogP contribution is -2.21. The third kappa shape index (κ3) is 4.85. The van der Waals surface area contributed by atoms with Gasteiger partial charge < -0.3 is 10.1 Å². The molecular weight excluding hydrogens is 286 g/mol. The Bertz CT molecular complexity index is 664. The SMILES string of the molecule is CCCCc1ccccc1NC(=O)COc1cccc(C)c1C. The van der Waals surface area contributed by atoms with Crippen LogP contribution in [0, 0.1) is 13.8 Å². The van der Waals surface area contributed by atoms with Crippen LogP contribution in [0.3, 0.4) is 0 Å². The Hall–Kier alpha value is -2.29. The number of hydrogen-bond acceptors (Lipinski definition) is 2. The van der Waals surface area contributed by atoms with E-state index in [1.165, 1.54) is 5.56 Å². The van der Waals surface area contributed by atoms with Crippen LogP contribution in [0.4, 0.5) is 5.69 Å². The quantitative estimate of drug-likeness (QED) is 0.807. The second kappa shape index (κ2) is 8.37. The molecule has 0 aliphatic rings. The van der Waals surface area contributed by atoms with Crippen molar-refractivity contribution in [3.8, 4) is 5.75 Å². The monoisotopic (exact) mass is 311 g/mol. The molecule has 2 aromatic carbocycles. The van der Waals surface area contributed by atoms with Gasteiger partial charge in [-0.3, -0.25) is 4.79 Å². The van der Waals surface area contributed by atoms with Crippen molar-refractivity contribution in [1.82, 2.24) is 0 Å². The molecule has 2 aromatic rings. The second-order valence-electron chi connectivity index (χ2n) is 5.80. The lowest BCUT2D eigenvalue weighted by Gasteiger charge is -2.13. The number of rotatable bonds is 7. The molecule has 0 radical (unpaired) electrons. The van der Waals surface area contributed by atoms with E-state index >= 15 is 0 Å². The molecule has 3 heteroatoms. The molecule has 1 amide bonds. The summed E-state index contributed by atoms with van der Waals surface area (Å²) in [5.74, 6) is 0.634. The summed E-state index contributed by atoms with van der Waals surface area (Å²) in [6.45, 7) is 6.22. The topological polar surface area (TPSA) is 38.3 Å². The van der Waals surface area contributed by atoms with Crippen molar-refractivity contribution in [2.45, 2.75) is 40.0 Å². The van der Waals surface area contributed by atoms with Crippen LogP contribution < -0.4 is 10.1 Å². The summed E-state index contributed by atoms with van der Waals surface area (Å²) in [6.07, 6.45) is 3.23. The van der Waals surface area contributed by atoms with Crippen LogP contribution in [0.2, 0.25) is 0 Å². The highest BCUT2D eigenvalue weighted by Gasteiger charge is 2.08. The molecule has 0 fully saturated rings. The summed E-state index contributed by atoms with van der Waals surface area (Å²) in [6, 6.07) is 13.8. The fraction of sp³-hybridized carbons (Fsp3) is 0.350. The molecule has 0 spiro atoms. The summed E-state index contributed by atoms with van der Waals surface area (Å²) in [5, 5.41) is 2.96. The van der Waals surface area contributed by atoms with E-state index in [2.05, 4.69) is 18.3 Å². The van der Waals surface area contributed by atoms with Gasteiger partial charge in [-0.15, -0.1) is 0 Å². The van der Waals surface area contributed by atoms with Gasteiger partial charge >= 0.3 is 0 Å². The summed E-state index contributed by atoms with van der Waals surface area (Å²) in [7, 11) is 0. The first-order chi connectivity index (χ1) is 11.1. The highest BCUT2D eigenvalue weighted by molar-refractivity contribution is 5.92. The third-order valence-electron chi connectivity index (χ3n) is 4.00. The first-order valence-corrected chi connectivity index (χ1v) is 8.18. The van der Waals surface area contributed by atoms with Crippen molar-refractivity contribution in [3.63, 3.8) is 0 Å². The number of anilines is 1. The normalized spacial score (nSPS) is 10.4. The summed E-state index contributed by atoms with van der Waals surface area (Å²) in [4.78, 5) is 12.2. The van der Waals surface area contributed by atoms with Gasteiger partial charge in [0.25, 0.3) is 5.91 Å². The Morgan fingerprint density at radius 3 is 2.65 bits per heavy atom. The molecule has 1 N–H and O–H groups in total. The zero-order chi connectivity index (χ0) is 16.7. The average molecular weight is 311 g/mol. The fourth-order valence-electron chi connectivity index (χ4n) is 2.44. The fourth-order valence-corrected chi connectivity index (χ4v) is 2.44. The smallest absolute Gasteiger partial charge is 0.262 e. The Morgan fingerprint density at radius 2 is 1.87 bits per heavy atom. The molecule has 122 valence electrons. The van der Waals surface area contributed by atoms with Crippen LogP contribution in [0.5, 0.6) is 5.75 Å². The second-order valence-corrected chi connectivity index (χ2v) is 5.80. The van der Waals surface area contributed by atoms with Crippen LogP contribution in [-0.4, -0.2) is 12.5 Å². The van der Waals surface area contributed by atoms with Crippen molar-refractivity contribution in [2.24, 2.45) is 0 Å². The van der Waals surface area contributed by atoms with E-state index < -0.39 is 0 Å².